The number of benzene rings is 1. The van der Waals surface area contributed by atoms with Gasteiger partial charge in [-0.1, -0.05) is 19.8 Å². The Hall–Kier alpha value is -1.82. The number of ether oxygens (including phenoxy) is 1. The third-order valence-electron chi connectivity index (χ3n) is 4.34. The van der Waals surface area contributed by atoms with E-state index < -0.39 is 6.10 Å². The Morgan fingerprint density at radius 2 is 2.12 bits per heavy atom. The van der Waals surface area contributed by atoms with Gasteiger partial charge in [-0.05, 0) is 49.9 Å². The summed E-state index contributed by atoms with van der Waals surface area (Å²) < 4.78 is 18.3. The molecule has 2 rings (SSSR count). The van der Waals surface area contributed by atoms with Crippen LogP contribution in [0.15, 0.2) is 29.3 Å². The molecule has 0 amide bonds. The highest BCUT2D eigenvalue weighted by atomic mass is 19.1. The Morgan fingerprint density at radius 1 is 1.36 bits per heavy atom. The Bertz CT molecular complexity index is 536. The summed E-state index contributed by atoms with van der Waals surface area (Å²) in [6.07, 6.45) is 4.13. The standard InChI is InChI=1S/C19H30FN3O2/c1-3-21-19(23-16-6-4-5-14(2)11-16)22-12-17(24)13-25-18-9-7-15(20)8-10-18/h7-10,14,16-17,24H,3-6,11-13H2,1-2H3,(H2,21,22,23). The summed E-state index contributed by atoms with van der Waals surface area (Å²) >= 11 is 0. The van der Waals surface area contributed by atoms with Crippen molar-refractivity contribution in [1.82, 2.24) is 10.6 Å². The van der Waals surface area contributed by atoms with Crippen LogP contribution in [0.1, 0.15) is 39.5 Å². The molecule has 0 aliphatic heterocycles. The van der Waals surface area contributed by atoms with Crippen molar-refractivity contribution in [3.63, 3.8) is 0 Å². The molecule has 140 valence electrons. The molecule has 3 atom stereocenters. The van der Waals surface area contributed by atoms with Crippen molar-refractivity contribution in [3.8, 4) is 5.75 Å². The van der Waals surface area contributed by atoms with E-state index in [2.05, 4.69) is 22.5 Å². The lowest BCUT2D eigenvalue weighted by Crippen LogP contribution is -2.45. The molecule has 1 aromatic carbocycles. The van der Waals surface area contributed by atoms with E-state index in [1.54, 1.807) is 12.1 Å². The Balaban J connectivity index is 1.79. The second kappa shape index (κ2) is 10.2. The first-order valence-corrected chi connectivity index (χ1v) is 9.18. The number of aliphatic hydroxyl groups is 1. The minimum absolute atomic E-state index is 0.120. The number of hydrogen-bond acceptors (Lipinski definition) is 3. The first-order chi connectivity index (χ1) is 12.1. The van der Waals surface area contributed by atoms with Crippen LogP contribution in [0.2, 0.25) is 0 Å². The van der Waals surface area contributed by atoms with Gasteiger partial charge in [-0.2, -0.15) is 0 Å². The SMILES string of the molecule is CCNC(=NCC(O)COc1ccc(F)cc1)NC1CCCC(C)C1. The maximum absolute atomic E-state index is 12.8. The number of nitrogens with zero attached hydrogens (tertiary/aromatic N) is 1. The van der Waals surface area contributed by atoms with Crippen LogP contribution in [0.5, 0.6) is 5.75 Å². The van der Waals surface area contributed by atoms with E-state index in [-0.39, 0.29) is 19.0 Å². The molecule has 0 radical (unpaired) electrons. The molecule has 0 saturated heterocycles. The van der Waals surface area contributed by atoms with E-state index in [9.17, 15) is 9.50 Å². The number of aliphatic imine (C=N–C) groups is 1. The van der Waals surface area contributed by atoms with Gasteiger partial charge >= 0.3 is 0 Å². The van der Waals surface area contributed by atoms with Crippen LogP contribution in [0.4, 0.5) is 4.39 Å². The van der Waals surface area contributed by atoms with Gasteiger partial charge in [0, 0.05) is 12.6 Å². The predicted octanol–water partition coefficient (Wildman–Crippen LogP) is 2.70. The van der Waals surface area contributed by atoms with E-state index in [1.165, 1.54) is 25.0 Å². The first kappa shape index (κ1) is 19.5. The summed E-state index contributed by atoms with van der Waals surface area (Å²) in [5.41, 5.74) is 0. The van der Waals surface area contributed by atoms with Gasteiger partial charge in [0.25, 0.3) is 0 Å². The fourth-order valence-electron chi connectivity index (χ4n) is 3.05. The van der Waals surface area contributed by atoms with E-state index in [0.29, 0.717) is 11.8 Å². The van der Waals surface area contributed by atoms with Gasteiger partial charge in [0.1, 0.15) is 24.3 Å². The topological polar surface area (TPSA) is 65.9 Å². The Morgan fingerprint density at radius 3 is 2.80 bits per heavy atom. The van der Waals surface area contributed by atoms with Crippen molar-refractivity contribution < 1.29 is 14.2 Å². The van der Waals surface area contributed by atoms with Crippen molar-refractivity contribution in [2.45, 2.75) is 51.7 Å². The summed E-state index contributed by atoms with van der Waals surface area (Å²) in [5, 5.41) is 16.8. The normalized spacial score (nSPS) is 22.3. The lowest BCUT2D eigenvalue weighted by atomic mass is 9.87. The average Bonchev–Trinajstić information content (AvgIpc) is 2.59. The van der Waals surface area contributed by atoms with Crippen molar-refractivity contribution in [3.05, 3.63) is 30.1 Å². The highest BCUT2D eigenvalue weighted by molar-refractivity contribution is 5.80. The number of rotatable bonds is 7. The molecular weight excluding hydrogens is 321 g/mol. The minimum atomic E-state index is -0.717. The van der Waals surface area contributed by atoms with Crippen LogP contribution in [-0.2, 0) is 0 Å². The fourth-order valence-corrected chi connectivity index (χ4v) is 3.05. The van der Waals surface area contributed by atoms with Gasteiger partial charge < -0.3 is 20.5 Å². The molecule has 25 heavy (non-hydrogen) atoms. The molecule has 5 nitrogen and oxygen atoms in total. The molecule has 0 spiro atoms. The highest BCUT2D eigenvalue weighted by Crippen LogP contribution is 2.23. The molecule has 1 saturated carbocycles. The first-order valence-electron chi connectivity index (χ1n) is 9.18. The second-order valence-corrected chi connectivity index (χ2v) is 6.75. The molecular formula is C19H30FN3O2. The molecule has 1 aromatic rings. The molecule has 0 heterocycles. The van der Waals surface area contributed by atoms with Crippen LogP contribution < -0.4 is 15.4 Å². The van der Waals surface area contributed by atoms with Gasteiger partial charge in [-0.15, -0.1) is 0 Å². The molecule has 1 aliphatic rings. The van der Waals surface area contributed by atoms with Crippen molar-refractivity contribution in [2.24, 2.45) is 10.9 Å². The highest BCUT2D eigenvalue weighted by Gasteiger charge is 2.19. The number of nitrogens with one attached hydrogen (secondary N) is 2. The quantitative estimate of drug-likeness (QED) is 0.522. The average molecular weight is 351 g/mol. The van der Waals surface area contributed by atoms with E-state index in [4.69, 9.17) is 4.74 Å². The number of halogens is 1. The predicted molar refractivity (Wildman–Crippen MR) is 98.4 cm³/mol. The Labute approximate surface area is 149 Å². The van der Waals surface area contributed by atoms with Gasteiger partial charge in [0.05, 0.1) is 6.54 Å². The molecule has 0 aromatic heterocycles. The van der Waals surface area contributed by atoms with Crippen molar-refractivity contribution in [1.29, 1.82) is 0 Å². The number of guanidine groups is 1. The van der Waals surface area contributed by atoms with Crippen LogP contribution in [0, 0.1) is 11.7 Å². The van der Waals surface area contributed by atoms with Gasteiger partial charge in [0.2, 0.25) is 0 Å². The lowest BCUT2D eigenvalue weighted by molar-refractivity contribution is 0.114. The van der Waals surface area contributed by atoms with E-state index in [1.807, 2.05) is 6.92 Å². The Kier molecular flexibility index (Phi) is 7.98. The molecule has 1 aliphatic carbocycles. The molecule has 3 unspecified atom stereocenters. The van der Waals surface area contributed by atoms with E-state index in [0.717, 1.165) is 31.3 Å². The third kappa shape index (κ3) is 7.30. The zero-order valence-corrected chi connectivity index (χ0v) is 15.2. The molecule has 6 heteroatoms. The molecule has 0 bridgehead atoms. The maximum atomic E-state index is 12.8. The van der Waals surface area contributed by atoms with Crippen LogP contribution >= 0.6 is 0 Å². The van der Waals surface area contributed by atoms with Crippen molar-refractivity contribution in [2.75, 3.05) is 19.7 Å². The fraction of sp³-hybridized carbons (Fsp3) is 0.632. The lowest BCUT2D eigenvalue weighted by Gasteiger charge is -2.29. The van der Waals surface area contributed by atoms with Gasteiger partial charge in [-0.3, -0.25) is 4.99 Å². The smallest absolute Gasteiger partial charge is 0.191 e. The summed E-state index contributed by atoms with van der Waals surface area (Å²) in [6, 6.07) is 6.19. The number of hydrogen-bond donors (Lipinski definition) is 3. The minimum Gasteiger partial charge on any atom is -0.491 e. The van der Waals surface area contributed by atoms with Crippen LogP contribution in [0.3, 0.4) is 0 Å². The molecule has 3 N–H and O–H groups in total. The largest absolute Gasteiger partial charge is 0.491 e. The van der Waals surface area contributed by atoms with Crippen LogP contribution in [0.25, 0.3) is 0 Å². The third-order valence-corrected chi connectivity index (χ3v) is 4.34. The monoisotopic (exact) mass is 351 g/mol. The summed E-state index contributed by atoms with van der Waals surface area (Å²) in [5.74, 6) is 1.70. The van der Waals surface area contributed by atoms with E-state index >= 15 is 0 Å². The maximum Gasteiger partial charge on any atom is 0.191 e. The van der Waals surface area contributed by atoms with Crippen molar-refractivity contribution >= 4 is 5.96 Å². The van der Waals surface area contributed by atoms with Gasteiger partial charge in [0.15, 0.2) is 5.96 Å². The van der Waals surface area contributed by atoms with Gasteiger partial charge in [-0.25, -0.2) is 4.39 Å². The summed E-state index contributed by atoms with van der Waals surface area (Å²) in [4.78, 5) is 4.46. The zero-order chi connectivity index (χ0) is 18.1. The number of aliphatic hydroxyl groups excluding tert-OH is 1. The second-order valence-electron chi connectivity index (χ2n) is 6.75. The van der Waals surface area contributed by atoms with Crippen LogP contribution in [-0.4, -0.2) is 42.9 Å². The zero-order valence-electron chi connectivity index (χ0n) is 15.2. The molecule has 1 fully saturated rings. The summed E-state index contributed by atoms with van der Waals surface area (Å²) in [7, 11) is 0. The summed E-state index contributed by atoms with van der Waals surface area (Å²) in [6.45, 7) is 5.45.